The molecule has 0 saturated heterocycles. The van der Waals surface area contributed by atoms with E-state index in [4.69, 9.17) is 9.47 Å². The van der Waals surface area contributed by atoms with Crippen molar-refractivity contribution in [1.82, 2.24) is 9.97 Å². The minimum atomic E-state index is -0.419. The highest BCUT2D eigenvalue weighted by Gasteiger charge is 2.31. The zero-order valence-electron chi connectivity index (χ0n) is 17.3. The Morgan fingerprint density at radius 3 is 2.68 bits per heavy atom. The maximum atomic E-state index is 13.0. The number of fused-ring (bicyclic) bond motifs is 1. The topological polar surface area (TPSA) is 93.3 Å². The SMILES string of the molecule is CCOc1ccc([C@H]2CC(=O)Nc3nc(SCc4ccccc4)[nH]c(=O)c32)cc1OC. The molecule has 0 fully saturated rings. The Labute approximate surface area is 184 Å². The van der Waals surface area contributed by atoms with Gasteiger partial charge in [0.05, 0.1) is 19.3 Å². The fourth-order valence-electron chi connectivity index (χ4n) is 3.61. The van der Waals surface area contributed by atoms with Gasteiger partial charge in [-0.2, -0.15) is 0 Å². The maximum absolute atomic E-state index is 13.0. The first-order chi connectivity index (χ1) is 15.1. The molecule has 0 radical (unpaired) electrons. The summed E-state index contributed by atoms with van der Waals surface area (Å²) in [7, 11) is 1.56. The average Bonchev–Trinajstić information content (AvgIpc) is 2.78. The van der Waals surface area contributed by atoms with E-state index < -0.39 is 5.92 Å². The van der Waals surface area contributed by atoms with Crippen LogP contribution >= 0.6 is 11.8 Å². The number of ether oxygens (including phenoxy) is 2. The van der Waals surface area contributed by atoms with Crippen molar-refractivity contribution in [3.05, 3.63) is 75.6 Å². The molecule has 1 atom stereocenters. The van der Waals surface area contributed by atoms with E-state index in [2.05, 4.69) is 15.3 Å². The molecule has 3 aromatic rings. The van der Waals surface area contributed by atoms with Crippen molar-refractivity contribution in [2.75, 3.05) is 19.0 Å². The number of aromatic nitrogens is 2. The summed E-state index contributed by atoms with van der Waals surface area (Å²) < 4.78 is 11.0. The molecule has 4 rings (SSSR count). The largest absolute Gasteiger partial charge is 0.493 e. The first-order valence-electron chi connectivity index (χ1n) is 10.0. The molecule has 7 nitrogen and oxygen atoms in total. The van der Waals surface area contributed by atoms with Crippen molar-refractivity contribution in [2.24, 2.45) is 0 Å². The number of nitrogens with one attached hydrogen (secondary N) is 2. The van der Waals surface area contributed by atoms with Crippen LogP contribution in [0.5, 0.6) is 11.5 Å². The molecule has 1 aromatic heterocycles. The molecule has 0 saturated carbocycles. The van der Waals surface area contributed by atoms with E-state index >= 15 is 0 Å². The minimum Gasteiger partial charge on any atom is -0.493 e. The van der Waals surface area contributed by atoms with Crippen molar-refractivity contribution in [3.63, 3.8) is 0 Å². The number of nitrogens with zero attached hydrogens (tertiary/aromatic N) is 1. The number of benzene rings is 2. The second-order valence-electron chi connectivity index (χ2n) is 7.06. The van der Waals surface area contributed by atoms with E-state index in [1.54, 1.807) is 13.2 Å². The highest BCUT2D eigenvalue weighted by molar-refractivity contribution is 7.98. The number of H-pyrrole nitrogens is 1. The smallest absolute Gasteiger partial charge is 0.257 e. The summed E-state index contributed by atoms with van der Waals surface area (Å²) in [4.78, 5) is 32.8. The summed E-state index contributed by atoms with van der Waals surface area (Å²) in [5.41, 5.74) is 2.12. The Hall–Kier alpha value is -3.26. The highest BCUT2D eigenvalue weighted by atomic mass is 32.2. The second kappa shape index (κ2) is 9.26. The van der Waals surface area contributed by atoms with Gasteiger partial charge in [0.2, 0.25) is 5.91 Å². The molecule has 0 aliphatic carbocycles. The standard InChI is InChI=1S/C23H23N3O4S/c1-3-30-17-10-9-15(11-18(17)29-2)16-12-19(27)24-21-20(16)22(28)26-23(25-21)31-13-14-7-5-4-6-8-14/h4-11,16H,3,12-13H2,1-2H3,(H2,24,25,26,27,28)/t16-/m1/s1. The Morgan fingerprint density at radius 2 is 1.94 bits per heavy atom. The van der Waals surface area contributed by atoms with Crippen LogP contribution in [-0.4, -0.2) is 29.6 Å². The van der Waals surface area contributed by atoms with Gasteiger partial charge in [-0.15, -0.1) is 0 Å². The van der Waals surface area contributed by atoms with E-state index in [0.29, 0.717) is 40.4 Å². The zero-order chi connectivity index (χ0) is 21.8. The van der Waals surface area contributed by atoms with Gasteiger partial charge in [0, 0.05) is 18.1 Å². The van der Waals surface area contributed by atoms with Crippen LogP contribution in [0.2, 0.25) is 0 Å². The quantitative estimate of drug-likeness (QED) is 0.430. The van der Waals surface area contributed by atoms with Gasteiger partial charge in [0.25, 0.3) is 5.56 Å². The molecule has 1 aliphatic heterocycles. The normalized spacial score (nSPS) is 15.2. The van der Waals surface area contributed by atoms with Gasteiger partial charge >= 0.3 is 0 Å². The molecule has 1 amide bonds. The first kappa shape index (κ1) is 21.0. The number of hydrogen-bond donors (Lipinski definition) is 2. The molecular weight excluding hydrogens is 414 g/mol. The van der Waals surface area contributed by atoms with Crippen molar-refractivity contribution >= 4 is 23.5 Å². The molecule has 0 unspecified atom stereocenters. The first-order valence-corrected chi connectivity index (χ1v) is 11.0. The van der Waals surface area contributed by atoms with Crippen molar-refractivity contribution in [1.29, 1.82) is 0 Å². The molecule has 1 aliphatic rings. The van der Waals surface area contributed by atoms with E-state index in [1.807, 2.05) is 49.4 Å². The molecular formula is C23H23N3O4S. The summed E-state index contributed by atoms with van der Waals surface area (Å²) in [6.45, 7) is 2.41. The fraction of sp³-hybridized carbons (Fsp3) is 0.261. The number of aromatic amines is 1. The van der Waals surface area contributed by atoms with Gasteiger partial charge < -0.3 is 19.8 Å². The number of amides is 1. The van der Waals surface area contributed by atoms with Crippen LogP contribution < -0.4 is 20.3 Å². The number of carbonyl (C=O) groups excluding carboxylic acids is 1. The Morgan fingerprint density at radius 1 is 1.13 bits per heavy atom. The Kier molecular flexibility index (Phi) is 6.27. The average molecular weight is 438 g/mol. The van der Waals surface area contributed by atoms with Gasteiger partial charge in [-0.05, 0) is 30.2 Å². The number of methoxy groups -OCH3 is 1. The minimum absolute atomic E-state index is 0.158. The summed E-state index contributed by atoms with van der Waals surface area (Å²) in [5.74, 6) is 1.56. The lowest BCUT2D eigenvalue weighted by Gasteiger charge is -2.25. The van der Waals surface area contributed by atoms with Crippen LogP contribution in [0.15, 0.2) is 58.5 Å². The van der Waals surface area contributed by atoms with Crippen LogP contribution in [0.4, 0.5) is 5.82 Å². The molecule has 8 heteroatoms. The lowest BCUT2D eigenvalue weighted by Crippen LogP contribution is -2.31. The van der Waals surface area contributed by atoms with E-state index in [1.165, 1.54) is 11.8 Å². The number of rotatable bonds is 7. The summed E-state index contributed by atoms with van der Waals surface area (Å²) in [6.07, 6.45) is 0.158. The van der Waals surface area contributed by atoms with Crippen molar-refractivity contribution in [2.45, 2.75) is 30.2 Å². The number of thioether (sulfide) groups is 1. The summed E-state index contributed by atoms with van der Waals surface area (Å²) in [6, 6.07) is 15.4. The van der Waals surface area contributed by atoms with Gasteiger partial charge in [0.15, 0.2) is 16.7 Å². The molecule has 2 aromatic carbocycles. The van der Waals surface area contributed by atoms with Crippen LogP contribution in [0, 0.1) is 0 Å². The molecule has 160 valence electrons. The third-order valence-electron chi connectivity index (χ3n) is 5.04. The van der Waals surface area contributed by atoms with Gasteiger partial charge in [-0.25, -0.2) is 4.98 Å². The number of anilines is 1. The van der Waals surface area contributed by atoms with E-state index in [0.717, 1.165) is 11.1 Å². The monoisotopic (exact) mass is 437 g/mol. The molecule has 0 spiro atoms. The Balaban J connectivity index is 1.66. The molecule has 31 heavy (non-hydrogen) atoms. The van der Waals surface area contributed by atoms with Crippen LogP contribution in [-0.2, 0) is 10.5 Å². The fourth-order valence-corrected chi connectivity index (χ4v) is 4.42. The predicted octanol–water partition coefficient (Wildman–Crippen LogP) is 3.94. The van der Waals surface area contributed by atoms with Gasteiger partial charge in [-0.3, -0.25) is 9.59 Å². The molecule has 2 heterocycles. The van der Waals surface area contributed by atoms with Crippen molar-refractivity contribution in [3.8, 4) is 11.5 Å². The lowest BCUT2D eigenvalue weighted by molar-refractivity contribution is -0.116. The summed E-state index contributed by atoms with van der Waals surface area (Å²) >= 11 is 1.42. The highest BCUT2D eigenvalue weighted by Crippen LogP contribution is 2.38. The third-order valence-corrected chi connectivity index (χ3v) is 5.98. The third kappa shape index (κ3) is 4.59. The number of carbonyl (C=O) groups is 1. The second-order valence-corrected chi connectivity index (χ2v) is 8.02. The van der Waals surface area contributed by atoms with Crippen LogP contribution in [0.25, 0.3) is 0 Å². The van der Waals surface area contributed by atoms with E-state index in [9.17, 15) is 9.59 Å². The van der Waals surface area contributed by atoms with Gasteiger partial charge in [-0.1, -0.05) is 48.2 Å². The van der Waals surface area contributed by atoms with Gasteiger partial charge in [0.1, 0.15) is 5.82 Å². The predicted molar refractivity (Wildman–Crippen MR) is 120 cm³/mol. The van der Waals surface area contributed by atoms with Crippen LogP contribution in [0.1, 0.15) is 36.0 Å². The molecule has 2 N–H and O–H groups in total. The Bertz CT molecular complexity index is 1150. The van der Waals surface area contributed by atoms with Crippen molar-refractivity contribution < 1.29 is 14.3 Å². The van der Waals surface area contributed by atoms with E-state index in [-0.39, 0.29) is 17.9 Å². The maximum Gasteiger partial charge on any atom is 0.257 e. The summed E-state index contributed by atoms with van der Waals surface area (Å²) in [5, 5.41) is 3.23. The molecule has 0 bridgehead atoms. The number of hydrogen-bond acceptors (Lipinski definition) is 6. The lowest BCUT2D eigenvalue weighted by atomic mass is 9.86. The van der Waals surface area contributed by atoms with Crippen LogP contribution in [0.3, 0.4) is 0 Å². The zero-order valence-corrected chi connectivity index (χ0v) is 18.1.